The molecule has 3 aromatic rings. The smallest absolute Gasteiger partial charge is 0.338 e. The van der Waals surface area contributed by atoms with Gasteiger partial charge in [0.2, 0.25) is 5.91 Å². The Morgan fingerprint density at radius 3 is 2.35 bits per heavy atom. The van der Waals surface area contributed by atoms with Crippen LogP contribution in [0.15, 0.2) is 78.9 Å². The summed E-state index contributed by atoms with van der Waals surface area (Å²) in [6, 6.07) is 24.1. The fraction of sp³-hybridized carbons (Fsp3) is 0.200. The highest BCUT2D eigenvalue weighted by Crippen LogP contribution is 2.17. The number of ether oxygens (including phenoxy) is 1. The lowest BCUT2D eigenvalue weighted by Crippen LogP contribution is -2.26. The molecule has 0 aliphatic heterocycles. The lowest BCUT2D eigenvalue weighted by molar-refractivity contribution is -0.119. The van der Waals surface area contributed by atoms with E-state index in [1.54, 1.807) is 24.3 Å². The van der Waals surface area contributed by atoms with Crippen LogP contribution >= 0.6 is 12.6 Å². The van der Waals surface area contributed by atoms with Crippen LogP contribution < -0.4 is 11.1 Å². The minimum absolute atomic E-state index is 0.138. The van der Waals surface area contributed by atoms with Crippen LogP contribution in [0.3, 0.4) is 0 Å². The number of hydrogen-bond donors (Lipinski definition) is 3. The number of amides is 1. The third-order valence-corrected chi connectivity index (χ3v) is 5.42. The number of rotatable bonds is 9. The lowest BCUT2D eigenvalue weighted by Gasteiger charge is -2.15. The molecule has 3 aromatic carbocycles. The van der Waals surface area contributed by atoms with Crippen LogP contribution in [-0.2, 0) is 29.1 Å². The van der Waals surface area contributed by atoms with Crippen molar-refractivity contribution in [1.29, 1.82) is 0 Å². The second kappa shape index (κ2) is 11.3. The van der Waals surface area contributed by atoms with Gasteiger partial charge in [0.15, 0.2) is 0 Å². The van der Waals surface area contributed by atoms with Gasteiger partial charge in [-0.1, -0.05) is 60.7 Å². The first-order valence-corrected chi connectivity index (χ1v) is 10.7. The molecule has 0 saturated heterocycles. The molecule has 0 aliphatic carbocycles. The molecule has 3 N–H and O–H groups in total. The molecule has 0 saturated carbocycles. The van der Waals surface area contributed by atoms with Gasteiger partial charge in [-0.25, -0.2) is 4.79 Å². The Morgan fingerprint density at radius 1 is 0.935 bits per heavy atom. The average Bonchev–Trinajstić information content (AvgIpc) is 2.81. The van der Waals surface area contributed by atoms with Gasteiger partial charge in [0.25, 0.3) is 0 Å². The van der Waals surface area contributed by atoms with E-state index in [1.807, 2.05) is 54.6 Å². The van der Waals surface area contributed by atoms with Gasteiger partial charge < -0.3 is 15.8 Å². The number of anilines is 1. The van der Waals surface area contributed by atoms with Crippen molar-refractivity contribution in [2.24, 2.45) is 11.7 Å². The first kappa shape index (κ1) is 22.6. The maximum atomic E-state index is 12.7. The number of carbonyl (C=O) groups is 2. The van der Waals surface area contributed by atoms with Crippen molar-refractivity contribution in [3.05, 3.63) is 101 Å². The van der Waals surface area contributed by atoms with E-state index < -0.39 is 5.97 Å². The van der Waals surface area contributed by atoms with Crippen LogP contribution in [0.4, 0.5) is 5.69 Å². The second-order valence-electron chi connectivity index (χ2n) is 7.19. The summed E-state index contributed by atoms with van der Waals surface area (Å²) in [4.78, 5) is 25.2. The fourth-order valence-corrected chi connectivity index (χ4v) is 3.53. The summed E-state index contributed by atoms with van der Waals surface area (Å²) in [5.74, 6) is -0.462. The molecule has 0 aliphatic rings. The highest BCUT2D eigenvalue weighted by molar-refractivity contribution is 7.80. The third kappa shape index (κ3) is 6.44. The Balaban J connectivity index is 1.62. The van der Waals surface area contributed by atoms with Crippen LogP contribution in [-0.4, -0.2) is 17.6 Å². The van der Waals surface area contributed by atoms with Crippen LogP contribution in [0, 0.1) is 5.92 Å². The Kier molecular flexibility index (Phi) is 8.27. The van der Waals surface area contributed by atoms with E-state index >= 15 is 0 Å². The normalized spacial score (nSPS) is 11.5. The Morgan fingerprint density at radius 2 is 1.65 bits per heavy atom. The van der Waals surface area contributed by atoms with Crippen molar-refractivity contribution in [2.45, 2.75) is 19.6 Å². The topological polar surface area (TPSA) is 81.4 Å². The summed E-state index contributed by atoms with van der Waals surface area (Å²) in [5, 5.41) is 2.89. The van der Waals surface area contributed by atoms with Gasteiger partial charge in [-0.3, -0.25) is 4.79 Å². The SMILES string of the molecule is NCc1ccccc1COC(=O)c1cccc(NC(=O)C(CS)Cc2ccccc2)c1. The summed E-state index contributed by atoms with van der Waals surface area (Å²) < 4.78 is 5.44. The Labute approximate surface area is 188 Å². The summed E-state index contributed by atoms with van der Waals surface area (Å²) in [6.45, 7) is 0.520. The van der Waals surface area contributed by atoms with E-state index in [2.05, 4.69) is 17.9 Å². The molecule has 1 amide bonds. The highest BCUT2D eigenvalue weighted by atomic mass is 32.1. The van der Waals surface area contributed by atoms with Gasteiger partial charge in [-0.2, -0.15) is 12.6 Å². The van der Waals surface area contributed by atoms with Crippen LogP contribution in [0.5, 0.6) is 0 Å². The Hall–Kier alpha value is -3.09. The third-order valence-electron chi connectivity index (χ3n) is 4.98. The van der Waals surface area contributed by atoms with Crippen LogP contribution in [0.2, 0.25) is 0 Å². The largest absolute Gasteiger partial charge is 0.457 e. The monoisotopic (exact) mass is 434 g/mol. The van der Waals surface area contributed by atoms with Crippen molar-refractivity contribution in [3.8, 4) is 0 Å². The van der Waals surface area contributed by atoms with E-state index in [4.69, 9.17) is 10.5 Å². The summed E-state index contributed by atoms with van der Waals surface area (Å²) >= 11 is 4.34. The number of thiol groups is 1. The molecule has 6 heteroatoms. The van der Waals surface area contributed by atoms with Crippen molar-refractivity contribution >= 4 is 30.2 Å². The summed E-state index contributed by atoms with van der Waals surface area (Å²) in [6.07, 6.45) is 0.596. The predicted octanol–water partition coefficient (Wildman–Crippen LogP) is 4.23. The molecule has 160 valence electrons. The molecule has 5 nitrogen and oxygen atoms in total. The van der Waals surface area contributed by atoms with Gasteiger partial charge in [0.05, 0.1) is 11.5 Å². The second-order valence-corrected chi connectivity index (χ2v) is 7.55. The average molecular weight is 435 g/mol. The minimum atomic E-state index is -0.460. The maximum absolute atomic E-state index is 12.7. The molecule has 0 spiro atoms. The van der Waals surface area contributed by atoms with Crippen LogP contribution in [0.25, 0.3) is 0 Å². The van der Waals surface area contributed by atoms with Crippen molar-refractivity contribution in [3.63, 3.8) is 0 Å². The molecular weight excluding hydrogens is 408 g/mol. The number of benzene rings is 3. The molecule has 1 unspecified atom stereocenters. The maximum Gasteiger partial charge on any atom is 0.338 e. The molecule has 0 fully saturated rings. The molecule has 0 aromatic heterocycles. The molecule has 1 atom stereocenters. The van der Waals surface area contributed by atoms with Crippen molar-refractivity contribution in [2.75, 3.05) is 11.1 Å². The first-order chi connectivity index (χ1) is 15.1. The van der Waals surface area contributed by atoms with Gasteiger partial charge in [-0.05, 0) is 41.3 Å². The lowest BCUT2D eigenvalue weighted by atomic mass is 10.00. The van der Waals surface area contributed by atoms with Gasteiger partial charge >= 0.3 is 5.97 Å². The van der Waals surface area contributed by atoms with Gasteiger partial charge in [0.1, 0.15) is 6.61 Å². The number of carbonyl (C=O) groups excluding carboxylic acids is 2. The van der Waals surface area contributed by atoms with Crippen LogP contribution in [0.1, 0.15) is 27.0 Å². The number of esters is 1. The zero-order valence-corrected chi connectivity index (χ0v) is 18.1. The zero-order chi connectivity index (χ0) is 22.1. The van der Waals surface area contributed by atoms with Gasteiger partial charge in [0, 0.05) is 18.0 Å². The zero-order valence-electron chi connectivity index (χ0n) is 17.2. The fourth-order valence-electron chi connectivity index (χ4n) is 3.23. The molecule has 0 bridgehead atoms. The number of hydrogen-bond acceptors (Lipinski definition) is 5. The molecular formula is C25H26N2O3S. The summed E-state index contributed by atoms with van der Waals surface area (Å²) in [5.41, 5.74) is 9.53. The summed E-state index contributed by atoms with van der Waals surface area (Å²) in [7, 11) is 0. The van der Waals surface area contributed by atoms with Crippen molar-refractivity contribution < 1.29 is 14.3 Å². The van der Waals surface area contributed by atoms with Gasteiger partial charge in [-0.15, -0.1) is 0 Å². The van der Waals surface area contributed by atoms with Crippen molar-refractivity contribution in [1.82, 2.24) is 0 Å². The number of nitrogens with one attached hydrogen (secondary N) is 1. The minimum Gasteiger partial charge on any atom is -0.457 e. The van der Waals surface area contributed by atoms with E-state index in [0.717, 1.165) is 16.7 Å². The Bertz CT molecular complexity index is 1020. The highest BCUT2D eigenvalue weighted by Gasteiger charge is 2.18. The molecule has 0 radical (unpaired) electrons. The van der Waals surface area contributed by atoms with E-state index in [9.17, 15) is 9.59 Å². The predicted molar refractivity (Wildman–Crippen MR) is 126 cm³/mol. The van der Waals surface area contributed by atoms with E-state index in [0.29, 0.717) is 30.0 Å². The first-order valence-electron chi connectivity index (χ1n) is 10.1. The molecule has 31 heavy (non-hydrogen) atoms. The standard InChI is InChI=1S/C25H26N2O3S/c26-15-20-9-4-5-10-21(20)16-30-25(29)19-11-6-12-23(14-19)27-24(28)22(17-31)13-18-7-2-1-3-8-18/h1-12,14,22,31H,13,15-17,26H2,(H,27,28). The quantitative estimate of drug-likeness (QED) is 0.348. The number of nitrogens with two attached hydrogens (primary N) is 1. The molecule has 3 rings (SSSR count). The molecule has 0 heterocycles. The van der Waals surface area contributed by atoms with E-state index in [-0.39, 0.29) is 18.4 Å². The van der Waals surface area contributed by atoms with E-state index in [1.165, 1.54) is 0 Å².